The number of rotatable bonds is 3. The first-order valence-electron chi connectivity index (χ1n) is 6.02. The summed E-state index contributed by atoms with van der Waals surface area (Å²) in [6.45, 7) is -0.240. The van der Waals surface area contributed by atoms with E-state index in [0.717, 1.165) is 18.2 Å². The Morgan fingerprint density at radius 1 is 1.24 bits per heavy atom. The predicted octanol–water partition coefficient (Wildman–Crippen LogP) is 2.51. The third-order valence-electron chi connectivity index (χ3n) is 2.91. The van der Waals surface area contributed by atoms with Gasteiger partial charge in [-0.05, 0) is 23.8 Å². The molecule has 2 aromatic rings. The first kappa shape index (κ1) is 15.0. The van der Waals surface area contributed by atoms with Crippen molar-refractivity contribution in [3.63, 3.8) is 0 Å². The van der Waals surface area contributed by atoms with Gasteiger partial charge in [0.25, 0.3) is 5.56 Å². The van der Waals surface area contributed by atoms with E-state index in [4.69, 9.17) is 10.5 Å². The lowest BCUT2D eigenvalue weighted by Crippen LogP contribution is -2.27. The molecule has 112 valence electrons. The van der Waals surface area contributed by atoms with Crippen LogP contribution in [0, 0.1) is 0 Å². The largest absolute Gasteiger partial charge is 0.497 e. The minimum Gasteiger partial charge on any atom is -0.497 e. The minimum atomic E-state index is -4.61. The van der Waals surface area contributed by atoms with Crippen LogP contribution in [0.1, 0.15) is 11.3 Å². The van der Waals surface area contributed by atoms with Crippen LogP contribution in [-0.4, -0.2) is 11.7 Å². The zero-order chi connectivity index (χ0) is 15.6. The molecular formula is C14H13F3N2O2. The Hall–Kier alpha value is -2.44. The van der Waals surface area contributed by atoms with Gasteiger partial charge < -0.3 is 10.5 Å². The van der Waals surface area contributed by atoms with Gasteiger partial charge >= 0.3 is 6.18 Å². The van der Waals surface area contributed by atoms with E-state index < -0.39 is 17.4 Å². The SMILES string of the molecule is COc1cc(N)cc(Cn2c(C(F)(F)F)cccc2=O)c1. The summed E-state index contributed by atoms with van der Waals surface area (Å²) in [6.07, 6.45) is -4.61. The molecular weight excluding hydrogens is 285 g/mol. The molecule has 0 fully saturated rings. The van der Waals surface area contributed by atoms with Gasteiger partial charge in [0.15, 0.2) is 0 Å². The van der Waals surface area contributed by atoms with Gasteiger partial charge in [0.05, 0.1) is 13.7 Å². The average Bonchev–Trinajstić information content (AvgIpc) is 2.39. The summed E-state index contributed by atoms with van der Waals surface area (Å²) in [4.78, 5) is 11.7. The van der Waals surface area contributed by atoms with E-state index in [9.17, 15) is 18.0 Å². The normalized spacial score (nSPS) is 11.4. The van der Waals surface area contributed by atoms with Crippen LogP contribution in [0.2, 0.25) is 0 Å². The Morgan fingerprint density at radius 3 is 2.57 bits per heavy atom. The summed E-state index contributed by atoms with van der Waals surface area (Å²) in [7, 11) is 1.42. The number of nitrogens with two attached hydrogens (primary N) is 1. The summed E-state index contributed by atoms with van der Waals surface area (Å²) >= 11 is 0. The maximum Gasteiger partial charge on any atom is 0.431 e. The van der Waals surface area contributed by atoms with Gasteiger partial charge in [-0.3, -0.25) is 9.36 Å². The maximum absolute atomic E-state index is 12.9. The van der Waals surface area contributed by atoms with Crippen molar-refractivity contribution in [1.29, 1.82) is 0 Å². The fourth-order valence-electron chi connectivity index (χ4n) is 2.01. The van der Waals surface area contributed by atoms with Gasteiger partial charge in [-0.2, -0.15) is 13.2 Å². The van der Waals surface area contributed by atoms with Crippen molar-refractivity contribution in [2.24, 2.45) is 0 Å². The first-order valence-corrected chi connectivity index (χ1v) is 6.02. The number of anilines is 1. The molecule has 1 aromatic heterocycles. The molecule has 0 aliphatic heterocycles. The average molecular weight is 298 g/mol. The number of nitrogen functional groups attached to an aromatic ring is 1. The van der Waals surface area contributed by atoms with Gasteiger partial charge in [-0.15, -0.1) is 0 Å². The van der Waals surface area contributed by atoms with Gasteiger partial charge in [0.1, 0.15) is 11.4 Å². The van der Waals surface area contributed by atoms with Crippen LogP contribution in [0.3, 0.4) is 0 Å². The summed E-state index contributed by atoms with van der Waals surface area (Å²) in [5, 5.41) is 0. The molecule has 0 spiro atoms. The molecule has 0 atom stereocenters. The van der Waals surface area contributed by atoms with Gasteiger partial charge in [0.2, 0.25) is 0 Å². The second kappa shape index (κ2) is 5.51. The first-order chi connectivity index (χ1) is 9.81. The highest BCUT2D eigenvalue weighted by atomic mass is 19.4. The highest BCUT2D eigenvalue weighted by molar-refractivity contribution is 5.47. The number of benzene rings is 1. The lowest BCUT2D eigenvalue weighted by atomic mass is 10.1. The van der Waals surface area contributed by atoms with E-state index in [1.165, 1.54) is 19.2 Å². The quantitative estimate of drug-likeness (QED) is 0.886. The third kappa shape index (κ3) is 3.36. The Balaban J connectivity index is 2.49. The monoisotopic (exact) mass is 298 g/mol. The molecule has 0 radical (unpaired) electrons. The van der Waals surface area contributed by atoms with Crippen molar-refractivity contribution in [3.8, 4) is 5.75 Å². The molecule has 0 unspecified atom stereocenters. The van der Waals surface area contributed by atoms with E-state index in [0.29, 0.717) is 21.6 Å². The highest BCUT2D eigenvalue weighted by Crippen LogP contribution is 2.29. The van der Waals surface area contributed by atoms with Gasteiger partial charge in [0, 0.05) is 17.8 Å². The summed E-state index contributed by atoms with van der Waals surface area (Å²) in [5.41, 5.74) is 4.73. The van der Waals surface area contributed by atoms with Crippen LogP contribution in [-0.2, 0) is 12.7 Å². The molecule has 2 rings (SSSR count). The minimum absolute atomic E-state index is 0.240. The van der Waals surface area contributed by atoms with Gasteiger partial charge in [-0.25, -0.2) is 0 Å². The van der Waals surface area contributed by atoms with E-state index >= 15 is 0 Å². The molecule has 0 aliphatic carbocycles. The molecule has 4 nitrogen and oxygen atoms in total. The molecule has 2 N–H and O–H groups in total. The number of hydrogen-bond donors (Lipinski definition) is 1. The number of hydrogen-bond acceptors (Lipinski definition) is 3. The van der Waals surface area contributed by atoms with Crippen molar-refractivity contribution in [2.45, 2.75) is 12.7 Å². The molecule has 1 heterocycles. The summed E-state index contributed by atoms with van der Waals surface area (Å²) < 4.78 is 44.5. The number of halogens is 3. The van der Waals surface area contributed by atoms with Crippen LogP contribution >= 0.6 is 0 Å². The second-order valence-electron chi connectivity index (χ2n) is 4.45. The van der Waals surface area contributed by atoms with Crippen LogP contribution in [0.25, 0.3) is 0 Å². The molecule has 0 bridgehead atoms. The topological polar surface area (TPSA) is 57.2 Å². The number of aromatic nitrogens is 1. The van der Waals surface area contributed by atoms with E-state index in [-0.39, 0.29) is 6.54 Å². The van der Waals surface area contributed by atoms with Crippen LogP contribution in [0.15, 0.2) is 41.2 Å². The van der Waals surface area contributed by atoms with Crippen LogP contribution < -0.4 is 16.0 Å². The fourth-order valence-corrected chi connectivity index (χ4v) is 2.01. The maximum atomic E-state index is 12.9. The van der Waals surface area contributed by atoms with E-state index in [1.54, 1.807) is 6.07 Å². The van der Waals surface area contributed by atoms with Crippen molar-refractivity contribution < 1.29 is 17.9 Å². The Bertz CT molecular complexity index is 708. The summed E-state index contributed by atoms with van der Waals surface area (Å²) in [5.74, 6) is 0.419. The number of ether oxygens (including phenoxy) is 1. The van der Waals surface area contributed by atoms with Crippen molar-refractivity contribution in [3.05, 3.63) is 58.0 Å². The molecule has 0 amide bonds. The van der Waals surface area contributed by atoms with Crippen molar-refractivity contribution in [2.75, 3.05) is 12.8 Å². The smallest absolute Gasteiger partial charge is 0.431 e. The Labute approximate surface area is 118 Å². The third-order valence-corrected chi connectivity index (χ3v) is 2.91. The standard InChI is InChI=1S/C14H13F3N2O2/c1-21-11-6-9(5-10(18)7-11)8-19-12(14(15,16)17)3-2-4-13(19)20/h2-7H,8,18H2,1H3. The number of nitrogens with zero attached hydrogens (tertiary/aromatic N) is 1. The molecule has 1 aromatic carbocycles. The van der Waals surface area contributed by atoms with Crippen molar-refractivity contribution in [1.82, 2.24) is 4.57 Å². The lowest BCUT2D eigenvalue weighted by molar-refractivity contribution is -0.144. The number of alkyl halides is 3. The van der Waals surface area contributed by atoms with Crippen molar-refractivity contribution >= 4 is 5.69 Å². The Morgan fingerprint density at radius 2 is 1.95 bits per heavy atom. The highest BCUT2D eigenvalue weighted by Gasteiger charge is 2.34. The summed E-state index contributed by atoms with van der Waals surface area (Å²) in [6, 6.07) is 7.62. The molecule has 0 saturated heterocycles. The molecule has 21 heavy (non-hydrogen) atoms. The van der Waals surface area contributed by atoms with Gasteiger partial charge in [-0.1, -0.05) is 6.07 Å². The predicted molar refractivity (Wildman–Crippen MR) is 72.2 cm³/mol. The second-order valence-corrected chi connectivity index (χ2v) is 4.45. The van der Waals surface area contributed by atoms with Crippen LogP contribution in [0.5, 0.6) is 5.75 Å². The number of methoxy groups -OCH3 is 1. The lowest BCUT2D eigenvalue weighted by Gasteiger charge is -2.15. The van der Waals surface area contributed by atoms with E-state index in [1.807, 2.05) is 0 Å². The Kier molecular flexibility index (Phi) is 3.93. The molecule has 0 aliphatic rings. The zero-order valence-corrected chi connectivity index (χ0v) is 11.1. The fraction of sp³-hybridized carbons (Fsp3) is 0.214. The zero-order valence-electron chi connectivity index (χ0n) is 11.1. The number of pyridine rings is 1. The molecule has 0 saturated carbocycles. The molecule has 7 heteroatoms. The van der Waals surface area contributed by atoms with E-state index in [2.05, 4.69) is 0 Å². The van der Waals surface area contributed by atoms with Crippen LogP contribution in [0.4, 0.5) is 18.9 Å².